The van der Waals surface area contributed by atoms with Gasteiger partial charge in [0, 0.05) is 24.7 Å². The summed E-state index contributed by atoms with van der Waals surface area (Å²) in [7, 11) is 0. The summed E-state index contributed by atoms with van der Waals surface area (Å²) in [5.74, 6) is -1.87. The second-order valence-corrected chi connectivity index (χ2v) is 6.47. The molecule has 146 valence electrons. The maximum Gasteiger partial charge on any atom is 0.335 e. The van der Waals surface area contributed by atoms with E-state index in [4.69, 9.17) is 0 Å². The minimum absolute atomic E-state index is 0.0334. The first-order valence-corrected chi connectivity index (χ1v) is 9.02. The molecule has 0 heterocycles. The van der Waals surface area contributed by atoms with E-state index in [1.165, 1.54) is 19.1 Å². The summed E-state index contributed by atoms with van der Waals surface area (Å²) in [5.41, 5.74) is 2.08. The minimum atomic E-state index is -1.15. The van der Waals surface area contributed by atoms with Crippen molar-refractivity contribution < 1.29 is 19.5 Å². The topological polar surface area (TPSA) is 95.5 Å². The Balaban J connectivity index is 2.11. The Bertz CT molecular complexity index is 1050. The monoisotopic (exact) mass is 388 g/mol. The highest BCUT2D eigenvalue weighted by atomic mass is 16.4. The van der Waals surface area contributed by atoms with Gasteiger partial charge in [-0.05, 0) is 17.7 Å². The van der Waals surface area contributed by atoms with Crippen LogP contribution >= 0.6 is 0 Å². The second-order valence-electron chi connectivity index (χ2n) is 6.47. The number of benzene rings is 3. The van der Waals surface area contributed by atoms with E-state index in [0.717, 1.165) is 5.56 Å². The smallest absolute Gasteiger partial charge is 0.335 e. The molecule has 3 rings (SSSR count). The van der Waals surface area contributed by atoms with Crippen LogP contribution in [0.1, 0.15) is 38.8 Å². The lowest BCUT2D eigenvalue weighted by Gasteiger charge is -2.17. The molecular weight excluding hydrogens is 368 g/mol. The first kappa shape index (κ1) is 19.8. The van der Waals surface area contributed by atoms with Crippen molar-refractivity contribution in [3.8, 4) is 0 Å². The molecular formula is C23H20N2O4. The zero-order valence-corrected chi connectivity index (χ0v) is 15.8. The van der Waals surface area contributed by atoms with E-state index in [2.05, 4.69) is 10.6 Å². The molecule has 0 aliphatic carbocycles. The summed E-state index contributed by atoms with van der Waals surface area (Å²) >= 11 is 0. The van der Waals surface area contributed by atoms with Gasteiger partial charge in [0.05, 0.1) is 16.8 Å². The molecule has 0 radical (unpaired) electrons. The Morgan fingerprint density at radius 1 is 0.828 bits per heavy atom. The summed E-state index contributed by atoms with van der Waals surface area (Å²) in [4.78, 5) is 36.5. The molecule has 0 saturated carbocycles. The van der Waals surface area contributed by atoms with Crippen LogP contribution in [-0.2, 0) is 11.3 Å². The highest BCUT2D eigenvalue weighted by molar-refractivity contribution is 6.18. The average molecular weight is 388 g/mol. The van der Waals surface area contributed by atoms with E-state index in [0.29, 0.717) is 17.8 Å². The van der Waals surface area contributed by atoms with E-state index in [-0.39, 0.29) is 22.6 Å². The number of nitrogens with one attached hydrogen (secondary N) is 2. The van der Waals surface area contributed by atoms with Crippen molar-refractivity contribution in [3.63, 3.8) is 0 Å². The summed E-state index contributed by atoms with van der Waals surface area (Å²) in [6, 6.07) is 20.9. The molecule has 1 amide bonds. The van der Waals surface area contributed by atoms with E-state index >= 15 is 0 Å². The Morgan fingerprint density at radius 3 is 2.00 bits per heavy atom. The number of carboxylic acid groups (broad SMARTS) is 1. The van der Waals surface area contributed by atoms with Gasteiger partial charge in [-0.2, -0.15) is 0 Å². The van der Waals surface area contributed by atoms with Crippen LogP contribution in [0.3, 0.4) is 0 Å². The predicted molar refractivity (Wildman–Crippen MR) is 111 cm³/mol. The molecule has 29 heavy (non-hydrogen) atoms. The van der Waals surface area contributed by atoms with Gasteiger partial charge >= 0.3 is 5.97 Å². The average Bonchev–Trinajstić information content (AvgIpc) is 2.72. The predicted octanol–water partition coefficient (Wildman–Crippen LogP) is 4.19. The van der Waals surface area contributed by atoms with E-state index in [1.807, 2.05) is 30.3 Å². The number of carboxylic acids is 1. The third kappa shape index (κ3) is 4.87. The fourth-order valence-corrected chi connectivity index (χ4v) is 2.96. The van der Waals surface area contributed by atoms with Crippen LogP contribution in [0.15, 0.2) is 72.8 Å². The number of aromatic carboxylic acids is 1. The number of rotatable bonds is 7. The molecule has 0 aromatic heterocycles. The van der Waals surface area contributed by atoms with Crippen LogP contribution in [-0.4, -0.2) is 22.8 Å². The number of anilines is 2. The lowest BCUT2D eigenvalue weighted by Crippen LogP contribution is -2.16. The number of hydrogen-bond donors (Lipinski definition) is 3. The van der Waals surface area contributed by atoms with Crippen molar-refractivity contribution in [2.75, 3.05) is 10.6 Å². The van der Waals surface area contributed by atoms with Crippen molar-refractivity contribution in [3.05, 3.63) is 95.1 Å². The Morgan fingerprint density at radius 2 is 1.41 bits per heavy atom. The molecule has 0 bridgehead atoms. The number of ketones is 1. The highest BCUT2D eigenvalue weighted by Crippen LogP contribution is 2.30. The largest absolute Gasteiger partial charge is 0.478 e. The van der Waals surface area contributed by atoms with E-state index < -0.39 is 11.9 Å². The molecule has 6 heteroatoms. The molecule has 0 atom stereocenters. The van der Waals surface area contributed by atoms with Crippen LogP contribution in [0, 0.1) is 0 Å². The van der Waals surface area contributed by atoms with Gasteiger partial charge in [0.15, 0.2) is 5.78 Å². The van der Waals surface area contributed by atoms with Crippen molar-refractivity contribution in [2.24, 2.45) is 0 Å². The van der Waals surface area contributed by atoms with Crippen LogP contribution in [0.4, 0.5) is 11.4 Å². The van der Waals surface area contributed by atoms with E-state index in [1.54, 1.807) is 30.3 Å². The molecule has 3 N–H and O–H groups in total. The lowest BCUT2D eigenvalue weighted by atomic mass is 9.97. The van der Waals surface area contributed by atoms with Crippen molar-refractivity contribution >= 4 is 29.0 Å². The number of carbonyl (C=O) groups is 3. The molecule has 0 fully saturated rings. The summed E-state index contributed by atoms with van der Waals surface area (Å²) in [5, 5.41) is 15.2. The van der Waals surface area contributed by atoms with Gasteiger partial charge in [0.25, 0.3) is 0 Å². The van der Waals surface area contributed by atoms with Crippen LogP contribution in [0.5, 0.6) is 0 Å². The molecule has 0 aliphatic heterocycles. The zero-order chi connectivity index (χ0) is 20.8. The quantitative estimate of drug-likeness (QED) is 0.528. The minimum Gasteiger partial charge on any atom is -0.478 e. The summed E-state index contributed by atoms with van der Waals surface area (Å²) < 4.78 is 0. The standard InChI is InChI=1S/C23H20N2O4/c1-15(26)25-20-13-18(23(28)29)12-19(24-14-16-8-4-2-5-9-16)21(20)22(27)17-10-6-3-7-11-17/h2-13,24H,14H2,1H3,(H,25,26)(H,28,29). The Labute approximate surface area is 168 Å². The Hall–Kier alpha value is -3.93. The molecule has 3 aromatic rings. The van der Waals surface area contributed by atoms with Crippen LogP contribution in [0.2, 0.25) is 0 Å². The molecule has 0 saturated heterocycles. The molecule has 0 aliphatic rings. The molecule has 3 aromatic carbocycles. The lowest BCUT2D eigenvalue weighted by molar-refractivity contribution is -0.114. The van der Waals surface area contributed by atoms with Crippen molar-refractivity contribution in [1.82, 2.24) is 0 Å². The van der Waals surface area contributed by atoms with Crippen molar-refractivity contribution in [2.45, 2.75) is 13.5 Å². The number of carbonyl (C=O) groups excluding carboxylic acids is 2. The first-order valence-electron chi connectivity index (χ1n) is 9.02. The number of hydrogen-bond acceptors (Lipinski definition) is 4. The van der Waals surface area contributed by atoms with Gasteiger partial charge in [0.1, 0.15) is 0 Å². The molecule has 6 nitrogen and oxygen atoms in total. The maximum atomic E-state index is 13.2. The molecule has 0 unspecified atom stereocenters. The van der Waals surface area contributed by atoms with Gasteiger partial charge in [-0.3, -0.25) is 9.59 Å². The van der Waals surface area contributed by atoms with Crippen molar-refractivity contribution in [1.29, 1.82) is 0 Å². The van der Waals surface area contributed by atoms with Gasteiger partial charge in [-0.1, -0.05) is 60.7 Å². The van der Waals surface area contributed by atoms with Gasteiger partial charge in [0.2, 0.25) is 5.91 Å². The van der Waals surface area contributed by atoms with Gasteiger partial charge in [-0.25, -0.2) is 4.79 Å². The fourth-order valence-electron chi connectivity index (χ4n) is 2.96. The fraction of sp³-hybridized carbons (Fsp3) is 0.0870. The van der Waals surface area contributed by atoms with Gasteiger partial charge in [-0.15, -0.1) is 0 Å². The first-order chi connectivity index (χ1) is 14.0. The number of amides is 1. The molecule has 0 spiro atoms. The third-order valence-corrected chi connectivity index (χ3v) is 4.28. The highest BCUT2D eigenvalue weighted by Gasteiger charge is 2.22. The SMILES string of the molecule is CC(=O)Nc1cc(C(=O)O)cc(NCc2ccccc2)c1C(=O)c1ccccc1. The summed E-state index contributed by atoms with van der Waals surface area (Å²) in [6.45, 7) is 1.69. The van der Waals surface area contributed by atoms with Crippen LogP contribution < -0.4 is 10.6 Å². The summed E-state index contributed by atoms with van der Waals surface area (Å²) in [6.07, 6.45) is 0. The zero-order valence-electron chi connectivity index (χ0n) is 15.8. The maximum absolute atomic E-state index is 13.2. The second kappa shape index (κ2) is 8.84. The van der Waals surface area contributed by atoms with E-state index in [9.17, 15) is 19.5 Å². The third-order valence-electron chi connectivity index (χ3n) is 4.28. The Kier molecular flexibility index (Phi) is 6.04. The normalized spacial score (nSPS) is 10.2. The van der Waals surface area contributed by atoms with Crippen LogP contribution in [0.25, 0.3) is 0 Å². The van der Waals surface area contributed by atoms with Gasteiger partial charge < -0.3 is 15.7 Å².